The summed E-state index contributed by atoms with van der Waals surface area (Å²) in [6.07, 6.45) is 4.32. The first-order chi connectivity index (χ1) is 13.4. The highest BCUT2D eigenvalue weighted by molar-refractivity contribution is 7.98. The number of piperidine rings is 1. The monoisotopic (exact) mass is 409 g/mol. The molecule has 8 nitrogen and oxygen atoms in total. The Balaban J connectivity index is 2.31. The summed E-state index contributed by atoms with van der Waals surface area (Å²) in [5.41, 5.74) is 0.711. The van der Waals surface area contributed by atoms with E-state index in [0.717, 1.165) is 25.9 Å². The van der Waals surface area contributed by atoms with Gasteiger partial charge in [0.15, 0.2) is 0 Å². The number of non-ortho nitro benzene ring substituents is 1. The minimum Gasteiger partial charge on any atom is -0.467 e. The first kappa shape index (κ1) is 22.0. The van der Waals surface area contributed by atoms with E-state index in [0.29, 0.717) is 23.8 Å². The van der Waals surface area contributed by atoms with Crippen molar-refractivity contribution in [2.75, 3.05) is 37.1 Å². The Labute approximate surface area is 169 Å². The molecule has 0 radical (unpaired) electrons. The van der Waals surface area contributed by atoms with Gasteiger partial charge in [-0.3, -0.25) is 14.9 Å². The number of carbonyl (C=O) groups excluding carboxylic acids is 2. The molecule has 0 aromatic heterocycles. The Bertz CT molecular complexity index is 720. The second-order valence-corrected chi connectivity index (χ2v) is 7.94. The largest absolute Gasteiger partial charge is 0.467 e. The Morgan fingerprint density at radius 3 is 2.64 bits per heavy atom. The van der Waals surface area contributed by atoms with E-state index in [2.05, 4.69) is 17.1 Å². The summed E-state index contributed by atoms with van der Waals surface area (Å²) in [7, 11) is 1.27. The number of nitrogens with one attached hydrogen (secondary N) is 1. The van der Waals surface area contributed by atoms with Crippen LogP contribution in [-0.4, -0.2) is 55.0 Å². The zero-order valence-electron chi connectivity index (χ0n) is 16.5. The number of anilines is 1. The van der Waals surface area contributed by atoms with Crippen LogP contribution in [0.2, 0.25) is 0 Å². The third kappa shape index (κ3) is 5.60. The fourth-order valence-corrected chi connectivity index (χ4v) is 3.68. The topological polar surface area (TPSA) is 102 Å². The van der Waals surface area contributed by atoms with Crippen LogP contribution < -0.4 is 10.2 Å². The van der Waals surface area contributed by atoms with Gasteiger partial charge in [0, 0.05) is 25.2 Å². The molecular weight excluding hydrogens is 382 g/mol. The molecule has 154 valence electrons. The molecule has 1 aliphatic heterocycles. The summed E-state index contributed by atoms with van der Waals surface area (Å²) in [4.78, 5) is 37.7. The predicted molar refractivity (Wildman–Crippen MR) is 110 cm³/mol. The van der Waals surface area contributed by atoms with Crippen molar-refractivity contribution in [3.05, 3.63) is 33.9 Å². The number of nitro benzene ring substituents is 1. The van der Waals surface area contributed by atoms with Gasteiger partial charge in [0.2, 0.25) is 0 Å². The number of rotatable bonds is 8. The lowest BCUT2D eigenvalue weighted by Gasteiger charge is -2.33. The number of nitro groups is 1. The van der Waals surface area contributed by atoms with Gasteiger partial charge < -0.3 is 15.0 Å². The average molecular weight is 410 g/mol. The van der Waals surface area contributed by atoms with Crippen molar-refractivity contribution in [3.8, 4) is 0 Å². The number of carbonyl (C=O) groups is 2. The van der Waals surface area contributed by atoms with Crippen LogP contribution in [0.15, 0.2) is 18.2 Å². The highest BCUT2D eigenvalue weighted by Gasteiger charge is 2.27. The molecule has 1 aromatic carbocycles. The smallest absolute Gasteiger partial charge is 0.328 e. The molecule has 0 bridgehead atoms. The van der Waals surface area contributed by atoms with Crippen LogP contribution in [0, 0.1) is 16.0 Å². The number of methoxy groups -OCH3 is 1. The highest BCUT2D eigenvalue weighted by atomic mass is 32.2. The Kier molecular flexibility index (Phi) is 8.10. The minimum atomic E-state index is -0.793. The summed E-state index contributed by atoms with van der Waals surface area (Å²) >= 11 is 1.56. The first-order valence-corrected chi connectivity index (χ1v) is 10.7. The molecule has 28 heavy (non-hydrogen) atoms. The van der Waals surface area contributed by atoms with E-state index in [4.69, 9.17) is 4.74 Å². The predicted octanol–water partition coefficient (Wildman–Crippen LogP) is 2.86. The molecule has 0 aliphatic carbocycles. The van der Waals surface area contributed by atoms with Gasteiger partial charge in [-0.25, -0.2) is 4.79 Å². The number of thioether (sulfide) groups is 1. The van der Waals surface area contributed by atoms with Crippen LogP contribution in [0.4, 0.5) is 11.4 Å². The number of hydrogen-bond acceptors (Lipinski definition) is 7. The molecule has 9 heteroatoms. The molecule has 1 N–H and O–H groups in total. The van der Waals surface area contributed by atoms with E-state index in [1.165, 1.54) is 19.2 Å². The van der Waals surface area contributed by atoms with E-state index in [9.17, 15) is 19.7 Å². The number of esters is 1. The number of hydrogen-bond donors (Lipinski definition) is 1. The lowest BCUT2D eigenvalue weighted by molar-refractivity contribution is -0.384. The minimum absolute atomic E-state index is 0.155. The lowest BCUT2D eigenvalue weighted by atomic mass is 9.97. The number of benzene rings is 1. The summed E-state index contributed by atoms with van der Waals surface area (Å²) < 4.78 is 4.78. The summed E-state index contributed by atoms with van der Waals surface area (Å²) in [6.45, 7) is 3.76. The number of nitrogens with zero attached hydrogens (tertiary/aromatic N) is 2. The average Bonchev–Trinajstić information content (AvgIpc) is 2.70. The van der Waals surface area contributed by atoms with Crippen molar-refractivity contribution in [1.82, 2.24) is 5.32 Å². The van der Waals surface area contributed by atoms with Gasteiger partial charge in [-0.1, -0.05) is 6.92 Å². The molecule has 0 spiro atoms. The molecule has 1 heterocycles. The maximum atomic E-state index is 13.0. The molecule has 1 fully saturated rings. The van der Waals surface area contributed by atoms with Gasteiger partial charge in [0.05, 0.1) is 23.3 Å². The Morgan fingerprint density at radius 2 is 2.07 bits per heavy atom. The SMILES string of the molecule is COC(=O)[C@@H](CCSC)NC(=O)c1cc([N+](=O)[O-])ccc1N1CCC(C)CC1. The summed E-state index contributed by atoms with van der Waals surface area (Å²) in [6, 6.07) is 3.53. The normalized spacial score (nSPS) is 15.8. The van der Waals surface area contributed by atoms with Crippen LogP contribution in [0.25, 0.3) is 0 Å². The van der Waals surface area contributed by atoms with Crippen molar-refractivity contribution in [1.29, 1.82) is 0 Å². The zero-order chi connectivity index (χ0) is 20.7. The van der Waals surface area contributed by atoms with Crippen LogP contribution in [0.5, 0.6) is 0 Å². The van der Waals surface area contributed by atoms with Crippen molar-refractivity contribution in [2.24, 2.45) is 5.92 Å². The van der Waals surface area contributed by atoms with Gasteiger partial charge >= 0.3 is 5.97 Å². The molecule has 1 aromatic rings. The van der Waals surface area contributed by atoms with E-state index in [1.54, 1.807) is 17.8 Å². The van der Waals surface area contributed by atoms with Crippen molar-refractivity contribution in [3.63, 3.8) is 0 Å². The van der Waals surface area contributed by atoms with Crippen molar-refractivity contribution in [2.45, 2.75) is 32.2 Å². The maximum absolute atomic E-state index is 13.0. The van der Waals surface area contributed by atoms with Crippen LogP contribution in [0.1, 0.15) is 36.5 Å². The summed E-state index contributed by atoms with van der Waals surface area (Å²) in [5.74, 6) is 0.253. The molecular formula is C19H27N3O5S. The van der Waals surface area contributed by atoms with Crippen LogP contribution in [0.3, 0.4) is 0 Å². The Hall–Kier alpha value is -2.29. The highest BCUT2D eigenvalue weighted by Crippen LogP contribution is 2.29. The molecule has 2 rings (SSSR count). The van der Waals surface area contributed by atoms with Crippen LogP contribution >= 0.6 is 11.8 Å². The Morgan fingerprint density at radius 1 is 1.39 bits per heavy atom. The van der Waals surface area contributed by atoms with Gasteiger partial charge in [-0.2, -0.15) is 11.8 Å². The van der Waals surface area contributed by atoms with Crippen LogP contribution in [-0.2, 0) is 9.53 Å². The fourth-order valence-electron chi connectivity index (χ4n) is 3.21. The molecule has 0 unspecified atom stereocenters. The standard InChI is InChI=1S/C19H27N3O5S/c1-13-6-9-21(10-7-13)17-5-4-14(22(25)26)12-15(17)18(23)20-16(8-11-28-3)19(24)27-2/h4-5,12-13,16H,6-11H2,1-3H3,(H,20,23)/t16-/m1/s1. The van der Waals surface area contributed by atoms with Crippen molar-refractivity contribution < 1.29 is 19.2 Å². The van der Waals surface area contributed by atoms with Gasteiger partial charge in [0.1, 0.15) is 6.04 Å². The summed E-state index contributed by atoms with van der Waals surface area (Å²) in [5, 5.41) is 13.9. The van der Waals surface area contributed by atoms with E-state index in [1.807, 2.05) is 6.26 Å². The molecule has 1 saturated heterocycles. The lowest BCUT2D eigenvalue weighted by Crippen LogP contribution is -2.43. The molecule has 1 atom stereocenters. The third-order valence-electron chi connectivity index (χ3n) is 4.96. The third-order valence-corrected chi connectivity index (χ3v) is 5.61. The quantitative estimate of drug-likeness (QED) is 0.400. The van der Waals surface area contributed by atoms with E-state index < -0.39 is 22.8 Å². The zero-order valence-corrected chi connectivity index (χ0v) is 17.3. The molecule has 1 amide bonds. The van der Waals surface area contributed by atoms with E-state index in [-0.39, 0.29) is 11.3 Å². The molecule has 1 aliphatic rings. The number of ether oxygens (including phenoxy) is 1. The van der Waals surface area contributed by atoms with E-state index >= 15 is 0 Å². The first-order valence-electron chi connectivity index (χ1n) is 9.28. The van der Waals surface area contributed by atoms with Gasteiger partial charge in [0.25, 0.3) is 11.6 Å². The maximum Gasteiger partial charge on any atom is 0.328 e. The fraction of sp³-hybridized carbons (Fsp3) is 0.579. The molecule has 0 saturated carbocycles. The second kappa shape index (κ2) is 10.3. The van der Waals surface area contributed by atoms with Crippen molar-refractivity contribution >= 4 is 35.0 Å². The van der Waals surface area contributed by atoms with Gasteiger partial charge in [-0.05, 0) is 43.3 Å². The van der Waals surface area contributed by atoms with Gasteiger partial charge in [-0.15, -0.1) is 0 Å². The second-order valence-electron chi connectivity index (χ2n) is 6.96. The number of amides is 1.